The minimum Gasteiger partial charge on any atom is -0.327 e. The Morgan fingerprint density at radius 1 is 1.05 bits per heavy atom. The first-order chi connectivity index (χ1) is 10.2. The highest BCUT2D eigenvalue weighted by molar-refractivity contribution is 7.99. The van der Waals surface area contributed by atoms with Crippen molar-refractivity contribution in [1.29, 1.82) is 0 Å². The summed E-state index contributed by atoms with van der Waals surface area (Å²) in [5.74, 6) is 0.866. The first-order valence-corrected chi connectivity index (χ1v) is 8.06. The van der Waals surface area contributed by atoms with Crippen LogP contribution in [0, 0.1) is 0 Å². The summed E-state index contributed by atoms with van der Waals surface area (Å²) in [5.41, 5.74) is 9.30. The van der Waals surface area contributed by atoms with Gasteiger partial charge in [-0.15, -0.1) is 11.8 Å². The summed E-state index contributed by atoms with van der Waals surface area (Å²) in [6.45, 7) is 2.02. The molecule has 0 bridgehead atoms. The molecule has 0 saturated carbocycles. The highest BCUT2D eigenvalue weighted by atomic mass is 32.2. The van der Waals surface area contributed by atoms with E-state index >= 15 is 0 Å². The summed E-state index contributed by atoms with van der Waals surface area (Å²) in [4.78, 5) is 4.83. The Labute approximate surface area is 129 Å². The summed E-state index contributed by atoms with van der Waals surface area (Å²) < 4.78 is 0. The summed E-state index contributed by atoms with van der Waals surface area (Å²) in [6.07, 6.45) is 0. The molecular formula is C18H18N2S. The quantitative estimate of drug-likeness (QED) is 0.727. The lowest BCUT2D eigenvalue weighted by Crippen LogP contribution is -2.17. The Morgan fingerprint density at radius 3 is 2.52 bits per heavy atom. The van der Waals surface area contributed by atoms with Crippen molar-refractivity contribution in [2.45, 2.75) is 18.0 Å². The fourth-order valence-corrected chi connectivity index (χ4v) is 3.16. The highest BCUT2D eigenvalue weighted by Gasteiger charge is 2.10. The summed E-state index contributed by atoms with van der Waals surface area (Å²) in [5, 5.41) is 2.22. The minimum atomic E-state index is 0.159. The van der Waals surface area contributed by atoms with Gasteiger partial charge in [-0.25, -0.2) is 4.98 Å². The number of hydrogen-bond donors (Lipinski definition) is 1. The molecular weight excluding hydrogens is 276 g/mol. The summed E-state index contributed by atoms with van der Waals surface area (Å²) in [6, 6.07) is 21.0. The number of para-hydroxylation sites is 1. The monoisotopic (exact) mass is 294 g/mol. The van der Waals surface area contributed by atoms with Gasteiger partial charge in [0.2, 0.25) is 0 Å². The van der Waals surface area contributed by atoms with Crippen LogP contribution in [0.2, 0.25) is 0 Å². The predicted octanol–water partition coefficient (Wildman–Crippen LogP) is 4.34. The molecule has 1 aromatic heterocycles. The maximum Gasteiger partial charge on any atom is 0.105 e. The average Bonchev–Trinajstić information content (AvgIpc) is 2.53. The van der Waals surface area contributed by atoms with Gasteiger partial charge in [0, 0.05) is 22.7 Å². The van der Waals surface area contributed by atoms with E-state index in [2.05, 4.69) is 42.5 Å². The third-order valence-corrected chi connectivity index (χ3v) is 4.53. The number of hydrogen-bond acceptors (Lipinski definition) is 3. The molecule has 1 heterocycles. The number of aromatic nitrogens is 1. The number of nitrogens with two attached hydrogens (primary N) is 1. The van der Waals surface area contributed by atoms with Gasteiger partial charge in [-0.3, -0.25) is 0 Å². The molecule has 106 valence electrons. The van der Waals surface area contributed by atoms with E-state index in [4.69, 9.17) is 10.7 Å². The van der Waals surface area contributed by atoms with Crippen molar-refractivity contribution in [3.8, 4) is 11.1 Å². The molecule has 0 unspecified atom stereocenters. The molecule has 0 spiro atoms. The van der Waals surface area contributed by atoms with Crippen LogP contribution < -0.4 is 5.73 Å². The van der Waals surface area contributed by atoms with Crippen LogP contribution in [0.4, 0.5) is 0 Å². The molecule has 0 fully saturated rings. The molecule has 3 aromatic rings. The van der Waals surface area contributed by atoms with E-state index in [1.165, 1.54) is 16.5 Å². The lowest BCUT2D eigenvalue weighted by molar-refractivity contribution is 0.846. The lowest BCUT2D eigenvalue weighted by Gasteiger charge is -2.12. The third kappa shape index (κ3) is 3.26. The van der Waals surface area contributed by atoms with Gasteiger partial charge >= 0.3 is 0 Å². The van der Waals surface area contributed by atoms with Crippen LogP contribution in [-0.2, 0) is 0 Å². The molecule has 3 rings (SSSR count). The maximum absolute atomic E-state index is 5.89. The zero-order valence-electron chi connectivity index (χ0n) is 12.0. The fraction of sp³-hybridized carbons (Fsp3) is 0.167. The van der Waals surface area contributed by atoms with Gasteiger partial charge in [0.1, 0.15) is 5.03 Å². The second-order valence-corrected chi connectivity index (χ2v) is 6.20. The van der Waals surface area contributed by atoms with Crippen LogP contribution in [0.5, 0.6) is 0 Å². The molecule has 2 N–H and O–H groups in total. The van der Waals surface area contributed by atoms with Crippen LogP contribution in [0.15, 0.2) is 65.7 Å². The Kier molecular flexibility index (Phi) is 4.23. The zero-order chi connectivity index (χ0) is 14.7. The Bertz CT molecular complexity index is 739. The van der Waals surface area contributed by atoms with E-state index in [0.717, 1.165) is 16.3 Å². The second kappa shape index (κ2) is 6.29. The van der Waals surface area contributed by atoms with E-state index in [-0.39, 0.29) is 6.04 Å². The van der Waals surface area contributed by atoms with Crippen molar-refractivity contribution >= 4 is 22.7 Å². The number of fused-ring (bicyclic) bond motifs is 1. The first kappa shape index (κ1) is 14.1. The number of benzene rings is 2. The van der Waals surface area contributed by atoms with Gasteiger partial charge in [-0.2, -0.15) is 0 Å². The van der Waals surface area contributed by atoms with Crippen LogP contribution in [-0.4, -0.2) is 16.8 Å². The van der Waals surface area contributed by atoms with Gasteiger partial charge in [0.05, 0.1) is 5.52 Å². The molecule has 2 aromatic carbocycles. The first-order valence-electron chi connectivity index (χ1n) is 7.07. The number of nitrogens with zero attached hydrogens (tertiary/aromatic N) is 1. The SMILES string of the molecule is C[C@H](N)CSc1nc2ccccc2cc1-c1ccccc1. The van der Waals surface area contributed by atoms with E-state index in [1.807, 2.05) is 25.1 Å². The molecule has 3 heteroatoms. The van der Waals surface area contributed by atoms with Gasteiger partial charge in [-0.1, -0.05) is 48.5 Å². The van der Waals surface area contributed by atoms with Crippen LogP contribution in [0.1, 0.15) is 6.92 Å². The van der Waals surface area contributed by atoms with Crippen molar-refractivity contribution in [2.24, 2.45) is 5.73 Å². The number of pyridine rings is 1. The van der Waals surface area contributed by atoms with Gasteiger partial charge in [0.25, 0.3) is 0 Å². The highest BCUT2D eigenvalue weighted by Crippen LogP contribution is 2.32. The van der Waals surface area contributed by atoms with E-state index in [0.29, 0.717) is 0 Å². The molecule has 0 aliphatic rings. The standard InChI is InChI=1S/C18H18N2S/c1-13(19)12-21-18-16(14-7-3-2-4-8-14)11-15-9-5-6-10-17(15)20-18/h2-11,13H,12,19H2,1H3/t13-/m0/s1. The van der Waals surface area contributed by atoms with Crippen molar-refractivity contribution < 1.29 is 0 Å². The third-order valence-electron chi connectivity index (χ3n) is 3.26. The minimum absolute atomic E-state index is 0.159. The van der Waals surface area contributed by atoms with Gasteiger partial charge in [-0.05, 0) is 24.6 Å². The normalized spacial score (nSPS) is 12.5. The molecule has 0 saturated heterocycles. The van der Waals surface area contributed by atoms with E-state index < -0.39 is 0 Å². The van der Waals surface area contributed by atoms with Gasteiger partial charge in [0.15, 0.2) is 0 Å². The van der Waals surface area contributed by atoms with Crippen molar-refractivity contribution in [3.63, 3.8) is 0 Å². The Balaban J connectivity index is 2.12. The van der Waals surface area contributed by atoms with Crippen molar-refractivity contribution in [2.75, 3.05) is 5.75 Å². The average molecular weight is 294 g/mol. The summed E-state index contributed by atoms with van der Waals surface area (Å²) in [7, 11) is 0. The number of rotatable bonds is 4. The van der Waals surface area contributed by atoms with Crippen LogP contribution in [0.3, 0.4) is 0 Å². The number of thioether (sulfide) groups is 1. The van der Waals surface area contributed by atoms with E-state index in [9.17, 15) is 0 Å². The molecule has 21 heavy (non-hydrogen) atoms. The fourth-order valence-electron chi connectivity index (χ4n) is 2.24. The van der Waals surface area contributed by atoms with Gasteiger partial charge < -0.3 is 5.73 Å². The van der Waals surface area contributed by atoms with Crippen molar-refractivity contribution in [1.82, 2.24) is 4.98 Å². The lowest BCUT2D eigenvalue weighted by atomic mass is 10.1. The Morgan fingerprint density at radius 2 is 1.76 bits per heavy atom. The zero-order valence-corrected chi connectivity index (χ0v) is 12.8. The smallest absolute Gasteiger partial charge is 0.105 e. The maximum atomic E-state index is 5.89. The van der Waals surface area contributed by atoms with Crippen LogP contribution >= 0.6 is 11.8 Å². The molecule has 1 atom stereocenters. The molecule has 0 aliphatic heterocycles. The van der Waals surface area contributed by atoms with E-state index in [1.54, 1.807) is 11.8 Å². The van der Waals surface area contributed by atoms with Crippen LogP contribution in [0.25, 0.3) is 22.0 Å². The summed E-state index contributed by atoms with van der Waals surface area (Å²) >= 11 is 1.73. The topological polar surface area (TPSA) is 38.9 Å². The molecule has 0 radical (unpaired) electrons. The second-order valence-electron chi connectivity index (χ2n) is 5.19. The largest absolute Gasteiger partial charge is 0.327 e. The molecule has 0 aliphatic carbocycles. The van der Waals surface area contributed by atoms with Crippen molar-refractivity contribution in [3.05, 3.63) is 60.7 Å². The molecule has 2 nitrogen and oxygen atoms in total. The molecule has 0 amide bonds. The Hall–Kier alpha value is -1.84. The predicted molar refractivity (Wildman–Crippen MR) is 91.6 cm³/mol.